The molecule has 1 unspecified atom stereocenters. The van der Waals surface area contributed by atoms with E-state index in [1.165, 1.54) is 6.07 Å². The van der Waals surface area contributed by atoms with Crippen LogP contribution in [0.3, 0.4) is 0 Å². The highest BCUT2D eigenvalue weighted by Gasteiger charge is 2.31. The summed E-state index contributed by atoms with van der Waals surface area (Å²) in [7, 11) is 0. The minimum absolute atomic E-state index is 0.0147. The van der Waals surface area contributed by atoms with Gasteiger partial charge in [-0.15, -0.1) is 0 Å². The summed E-state index contributed by atoms with van der Waals surface area (Å²) in [6, 6.07) is 5.07. The van der Waals surface area contributed by atoms with Crippen LogP contribution in [0, 0.1) is 6.92 Å². The number of alkyl halides is 3. The number of benzene rings is 1. The lowest BCUT2D eigenvalue weighted by atomic mass is 10.1. The first-order valence-corrected chi connectivity index (χ1v) is 8.38. The zero-order valence-electron chi connectivity index (χ0n) is 14.6. The summed E-state index contributed by atoms with van der Waals surface area (Å²) in [5.74, 6) is 0.745. The molecule has 3 rings (SSSR count). The molecule has 2 heterocycles. The lowest BCUT2D eigenvalue weighted by molar-refractivity contribution is -0.137. The standard InChI is InChI=1S/C18H20F3N3O2/c1-11-9-22-16(25)6-7-24(11)10-15-12(2)26-17(23-15)13-4-3-5-14(8-13)18(19,20)21/h3-5,8,11H,6-7,9-10H2,1-2H3,(H,22,25). The maximum absolute atomic E-state index is 12.9. The molecule has 0 bridgehead atoms. The minimum atomic E-state index is -4.42. The predicted molar refractivity (Wildman–Crippen MR) is 89.2 cm³/mol. The van der Waals surface area contributed by atoms with Gasteiger partial charge in [0, 0.05) is 37.7 Å². The van der Waals surface area contributed by atoms with Crippen molar-refractivity contribution in [1.29, 1.82) is 0 Å². The van der Waals surface area contributed by atoms with E-state index < -0.39 is 11.7 Å². The number of aromatic nitrogens is 1. The number of hydrogen-bond acceptors (Lipinski definition) is 4. The fraction of sp³-hybridized carbons (Fsp3) is 0.444. The molecule has 140 valence electrons. The average Bonchev–Trinajstić information content (AvgIpc) is 2.88. The van der Waals surface area contributed by atoms with E-state index in [1.807, 2.05) is 6.92 Å². The zero-order chi connectivity index (χ0) is 18.9. The second-order valence-corrected chi connectivity index (χ2v) is 6.47. The Labute approximate surface area is 149 Å². The van der Waals surface area contributed by atoms with E-state index >= 15 is 0 Å². The molecule has 0 aliphatic carbocycles. The Balaban J connectivity index is 1.82. The van der Waals surface area contributed by atoms with Gasteiger partial charge in [0.25, 0.3) is 0 Å². The van der Waals surface area contributed by atoms with Gasteiger partial charge in [-0.2, -0.15) is 13.2 Å². The molecule has 1 atom stereocenters. The number of carbonyl (C=O) groups excluding carboxylic acids is 1. The van der Waals surface area contributed by atoms with Crippen molar-refractivity contribution >= 4 is 5.91 Å². The Hall–Kier alpha value is -2.35. The number of hydrogen-bond donors (Lipinski definition) is 1. The maximum atomic E-state index is 12.9. The van der Waals surface area contributed by atoms with Crippen molar-refractivity contribution in [3.8, 4) is 11.5 Å². The molecule has 1 aromatic carbocycles. The normalized spacial score (nSPS) is 19.3. The molecular weight excluding hydrogens is 347 g/mol. The second kappa shape index (κ2) is 7.11. The molecule has 1 N–H and O–H groups in total. The van der Waals surface area contributed by atoms with E-state index in [0.29, 0.717) is 37.5 Å². The van der Waals surface area contributed by atoms with Gasteiger partial charge < -0.3 is 9.73 Å². The lowest BCUT2D eigenvalue weighted by Crippen LogP contribution is -2.37. The molecule has 1 aliphatic heterocycles. The van der Waals surface area contributed by atoms with Crippen molar-refractivity contribution in [2.75, 3.05) is 13.1 Å². The minimum Gasteiger partial charge on any atom is -0.441 e. The highest BCUT2D eigenvalue weighted by atomic mass is 19.4. The number of nitrogens with zero attached hydrogens (tertiary/aromatic N) is 2. The van der Waals surface area contributed by atoms with Crippen LogP contribution in [0.4, 0.5) is 13.2 Å². The fourth-order valence-electron chi connectivity index (χ4n) is 2.90. The summed E-state index contributed by atoms with van der Waals surface area (Å²) < 4.78 is 44.3. The average molecular weight is 367 g/mol. The van der Waals surface area contributed by atoms with Crippen molar-refractivity contribution in [3.05, 3.63) is 41.3 Å². The number of amides is 1. The molecule has 0 saturated carbocycles. The van der Waals surface area contributed by atoms with E-state index in [1.54, 1.807) is 13.0 Å². The molecule has 1 saturated heterocycles. The predicted octanol–water partition coefficient (Wildman–Crippen LogP) is 3.38. The van der Waals surface area contributed by atoms with E-state index in [0.717, 1.165) is 12.1 Å². The van der Waals surface area contributed by atoms with Gasteiger partial charge >= 0.3 is 6.18 Å². The van der Waals surface area contributed by atoms with Gasteiger partial charge in [0.15, 0.2) is 0 Å². The molecule has 1 aromatic heterocycles. The summed E-state index contributed by atoms with van der Waals surface area (Å²) in [5.41, 5.74) is 0.215. The molecule has 1 fully saturated rings. The van der Waals surface area contributed by atoms with Gasteiger partial charge in [-0.1, -0.05) is 6.07 Å². The van der Waals surface area contributed by atoms with Crippen LogP contribution in [0.1, 0.15) is 30.4 Å². The fourth-order valence-corrected chi connectivity index (χ4v) is 2.90. The smallest absolute Gasteiger partial charge is 0.416 e. The van der Waals surface area contributed by atoms with Crippen molar-refractivity contribution in [1.82, 2.24) is 15.2 Å². The third-order valence-corrected chi connectivity index (χ3v) is 4.53. The largest absolute Gasteiger partial charge is 0.441 e. The van der Waals surface area contributed by atoms with Gasteiger partial charge in [0.05, 0.1) is 11.3 Å². The highest BCUT2D eigenvalue weighted by molar-refractivity contribution is 5.76. The third-order valence-electron chi connectivity index (χ3n) is 4.53. The van der Waals surface area contributed by atoms with Crippen molar-refractivity contribution in [2.24, 2.45) is 0 Å². The third kappa shape index (κ3) is 4.07. The molecule has 26 heavy (non-hydrogen) atoms. The van der Waals surface area contributed by atoms with Gasteiger partial charge in [-0.05, 0) is 32.0 Å². The molecule has 2 aromatic rings. The summed E-state index contributed by atoms with van der Waals surface area (Å²) in [6.07, 6.45) is -4.01. The van der Waals surface area contributed by atoms with Gasteiger partial charge in [-0.25, -0.2) is 4.98 Å². The Morgan fingerprint density at radius 3 is 2.88 bits per heavy atom. The Morgan fingerprint density at radius 1 is 1.38 bits per heavy atom. The molecule has 0 radical (unpaired) electrons. The number of aryl methyl sites for hydroxylation is 1. The van der Waals surface area contributed by atoms with Gasteiger partial charge in [0.1, 0.15) is 5.76 Å². The first kappa shape index (κ1) is 18.4. The topological polar surface area (TPSA) is 58.4 Å². The van der Waals surface area contributed by atoms with E-state index in [9.17, 15) is 18.0 Å². The lowest BCUT2D eigenvalue weighted by Gasteiger charge is -2.25. The summed E-state index contributed by atoms with van der Waals surface area (Å²) in [6.45, 7) is 5.37. The highest BCUT2D eigenvalue weighted by Crippen LogP contribution is 2.32. The van der Waals surface area contributed by atoms with Gasteiger partial charge in [0.2, 0.25) is 11.8 Å². The van der Waals surface area contributed by atoms with Crippen molar-refractivity contribution in [3.63, 3.8) is 0 Å². The first-order valence-electron chi connectivity index (χ1n) is 8.38. The number of oxazole rings is 1. The van der Waals surface area contributed by atoms with Gasteiger partial charge in [-0.3, -0.25) is 9.69 Å². The number of halogens is 3. The Kier molecular flexibility index (Phi) is 5.04. The van der Waals surface area contributed by atoms with E-state index in [2.05, 4.69) is 15.2 Å². The van der Waals surface area contributed by atoms with E-state index in [-0.39, 0.29) is 23.4 Å². The van der Waals surface area contributed by atoms with Crippen LogP contribution >= 0.6 is 0 Å². The maximum Gasteiger partial charge on any atom is 0.416 e. The Bertz CT molecular complexity index is 801. The van der Waals surface area contributed by atoms with Crippen molar-refractivity contribution < 1.29 is 22.4 Å². The van der Waals surface area contributed by atoms with Crippen molar-refractivity contribution in [2.45, 2.75) is 39.0 Å². The van der Waals surface area contributed by atoms with Crippen LogP contribution in [0.25, 0.3) is 11.5 Å². The molecule has 8 heteroatoms. The number of rotatable bonds is 3. The monoisotopic (exact) mass is 367 g/mol. The van der Waals surface area contributed by atoms with Crippen LogP contribution in [0.2, 0.25) is 0 Å². The van der Waals surface area contributed by atoms with Crippen LogP contribution in [-0.2, 0) is 17.5 Å². The molecular formula is C18H20F3N3O2. The molecule has 1 amide bonds. The summed E-state index contributed by atoms with van der Waals surface area (Å²) in [4.78, 5) is 18.0. The van der Waals surface area contributed by atoms with E-state index in [4.69, 9.17) is 4.42 Å². The molecule has 0 spiro atoms. The quantitative estimate of drug-likeness (QED) is 0.904. The van der Waals surface area contributed by atoms with Crippen LogP contribution < -0.4 is 5.32 Å². The Morgan fingerprint density at radius 2 is 2.15 bits per heavy atom. The summed E-state index contributed by atoms with van der Waals surface area (Å²) >= 11 is 0. The van der Waals surface area contributed by atoms with Crippen LogP contribution in [0.15, 0.2) is 28.7 Å². The molecule has 1 aliphatic rings. The number of nitrogens with one attached hydrogen (secondary N) is 1. The summed E-state index contributed by atoms with van der Waals surface area (Å²) in [5, 5.41) is 2.85. The first-order chi connectivity index (χ1) is 12.2. The SMILES string of the molecule is Cc1oc(-c2cccc(C(F)(F)F)c2)nc1CN1CCC(=O)NCC1C. The molecule has 5 nitrogen and oxygen atoms in total. The van der Waals surface area contributed by atoms with Crippen LogP contribution in [-0.4, -0.2) is 34.9 Å². The number of carbonyl (C=O) groups is 1. The zero-order valence-corrected chi connectivity index (χ0v) is 14.6. The second-order valence-electron chi connectivity index (χ2n) is 6.47. The van der Waals surface area contributed by atoms with Crippen LogP contribution in [0.5, 0.6) is 0 Å².